The van der Waals surface area contributed by atoms with E-state index in [-0.39, 0.29) is 18.6 Å². The van der Waals surface area contributed by atoms with E-state index in [2.05, 4.69) is 37.9 Å². The minimum atomic E-state index is -0.989. The molecule has 6 heteroatoms. The third-order valence-electron chi connectivity index (χ3n) is 3.66. The van der Waals surface area contributed by atoms with Crippen LogP contribution in [0.2, 0.25) is 0 Å². The normalized spacial score (nSPS) is 12.8. The van der Waals surface area contributed by atoms with E-state index < -0.39 is 5.97 Å². The van der Waals surface area contributed by atoms with Crippen LogP contribution >= 0.6 is 0 Å². The van der Waals surface area contributed by atoms with Gasteiger partial charge < -0.3 is 15.3 Å². The zero-order chi connectivity index (χ0) is 16.6. The van der Waals surface area contributed by atoms with Crippen LogP contribution in [0, 0.1) is 0 Å². The molecule has 0 spiro atoms. The number of carboxylic acids is 1. The quantitative estimate of drug-likeness (QED) is 0.683. The molecule has 21 heavy (non-hydrogen) atoms. The highest BCUT2D eigenvalue weighted by molar-refractivity contribution is 5.80. The molecule has 0 aromatic rings. The first kappa shape index (κ1) is 19.7. The van der Waals surface area contributed by atoms with Crippen LogP contribution in [0.15, 0.2) is 0 Å². The Kier molecular flexibility index (Phi) is 9.01. The molecule has 0 saturated carbocycles. The van der Waals surface area contributed by atoms with E-state index in [9.17, 15) is 9.59 Å². The van der Waals surface area contributed by atoms with Crippen molar-refractivity contribution < 1.29 is 14.7 Å². The molecule has 0 bridgehead atoms. The molecule has 0 aliphatic rings. The van der Waals surface area contributed by atoms with Crippen LogP contribution in [0.25, 0.3) is 0 Å². The van der Waals surface area contributed by atoms with Gasteiger partial charge in [0, 0.05) is 31.2 Å². The standard InChI is InChI=1S/C15H31N3O3/c1-7-13(6)18(10-14(19)20)15(21)16-8-9-17(11(2)3)12(4)5/h11-13H,7-10H2,1-6H3,(H,16,21)(H,19,20). The zero-order valence-electron chi connectivity index (χ0n) is 14.2. The van der Waals surface area contributed by atoms with Crippen molar-refractivity contribution in [2.75, 3.05) is 19.6 Å². The highest BCUT2D eigenvalue weighted by atomic mass is 16.4. The first-order chi connectivity index (χ1) is 9.70. The number of hydrogen-bond acceptors (Lipinski definition) is 3. The van der Waals surface area contributed by atoms with Crippen molar-refractivity contribution in [1.29, 1.82) is 0 Å². The van der Waals surface area contributed by atoms with E-state index in [1.165, 1.54) is 4.90 Å². The second kappa shape index (κ2) is 9.60. The maximum absolute atomic E-state index is 12.1. The molecule has 6 nitrogen and oxygen atoms in total. The number of rotatable bonds is 9. The van der Waals surface area contributed by atoms with Gasteiger partial charge in [-0.3, -0.25) is 9.69 Å². The molecule has 1 unspecified atom stereocenters. The van der Waals surface area contributed by atoms with E-state index in [4.69, 9.17) is 5.11 Å². The minimum absolute atomic E-state index is 0.0904. The van der Waals surface area contributed by atoms with Crippen molar-refractivity contribution in [2.24, 2.45) is 0 Å². The summed E-state index contributed by atoms with van der Waals surface area (Å²) in [6.45, 7) is 13.3. The largest absolute Gasteiger partial charge is 0.480 e. The maximum atomic E-state index is 12.1. The maximum Gasteiger partial charge on any atom is 0.323 e. The summed E-state index contributed by atoms with van der Waals surface area (Å²) in [5.74, 6) is -0.989. The topological polar surface area (TPSA) is 72.9 Å². The fourth-order valence-electron chi connectivity index (χ4n) is 2.30. The molecule has 0 saturated heterocycles. The average Bonchev–Trinajstić information content (AvgIpc) is 2.38. The summed E-state index contributed by atoms with van der Waals surface area (Å²) in [5.41, 5.74) is 0. The SMILES string of the molecule is CCC(C)N(CC(=O)O)C(=O)NCCN(C(C)C)C(C)C. The summed E-state index contributed by atoms with van der Waals surface area (Å²) in [7, 11) is 0. The molecule has 2 N–H and O–H groups in total. The van der Waals surface area contributed by atoms with Gasteiger partial charge in [0.1, 0.15) is 6.54 Å². The van der Waals surface area contributed by atoms with Crippen molar-refractivity contribution in [3.05, 3.63) is 0 Å². The molecule has 0 fully saturated rings. The van der Waals surface area contributed by atoms with Gasteiger partial charge in [-0.25, -0.2) is 4.79 Å². The number of urea groups is 1. The van der Waals surface area contributed by atoms with Crippen LogP contribution in [-0.4, -0.2) is 64.7 Å². The summed E-state index contributed by atoms with van der Waals surface area (Å²) >= 11 is 0. The van der Waals surface area contributed by atoms with E-state index in [1.54, 1.807) is 0 Å². The molecule has 0 rings (SSSR count). The molecule has 0 aliphatic heterocycles. The van der Waals surface area contributed by atoms with Crippen LogP contribution in [0.3, 0.4) is 0 Å². The van der Waals surface area contributed by atoms with Gasteiger partial charge in [0.25, 0.3) is 0 Å². The van der Waals surface area contributed by atoms with E-state index in [0.29, 0.717) is 18.6 Å². The lowest BCUT2D eigenvalue weighted by molar-refractivity contribution is -0.138. The van der Waals surface area contributed by atoms with Gasteiger partial charge in [0.2, 0.25) is 0 Å². The molecule has 0 radical (unpaired) electrons. The number of nitrogens with zero attached hydrogens (tertiary/aromatic N) is 2. The molecule has 0 aromatic heterocycles. The van der Waals surface area contributed by atoms with Crippen LogP contribution < -0.4 is 5.32 Å². The van der Waals surface area contributed by atoms with Crippen molar-refractivity contribution in [3.8, 4) is 0 Å². The fourth-order valence-corrected chi connectivity index (χ4v) is 2.30. The van der Waals surface area contributed by atoms with Gasteiger partial charge >= 0.3 is 12.0 Å². The highest BCUT2D eigenvalue weighted by Gasteiger charge is 2.21. The molecular formula is C15H31N3O3. The number of nitrogens with one attached hydrogen (secondary N) is 1. The Balaban J connectivity index is 4.46. The fraction of sp³-hybridized carbons (Fsp3) is 0.867. The van der Waals surface area contributed by atoms with Crippen LogP contribution in [0.1, 0.15) is 48.0 Å². The Labute approximate surface area is 128 Å². The predicted octanol–water partition coefficient (Wildman–Crippen LogP) is 2.00. The number of hydrogen-bond donors (Lipinski definition) is 2. The van der Waals surface area contributed by atoms with Gasteiger partial charge in [0.05, 0.1) is 0 Å². The Hall–Kier alpha value is -1.30. The van der Waals surface area contributed by atoms with Crippen molar-refractivity contribution in [1.82, 2.24) is 15.1 Å². The number of amides is 2. The molecule has 124 valence electrons. The number of carbonyl (C=O) groups excluding carboxylic acids is 1. The summed E-state index contributed by atoms with van der Waals surface area (Å²) in [5, 5.41) is 11.7. The van der Waals surface area contributed by atoms with Gasteiger partial charge in [-0.1, -0.05) is 6.92 Å². The van der Waals surface area contributed by atoms with Gasteiger partial charge in [-0.15, -0.1) is 0 Å². The lowest BCUT2D eigenvalue weighted by atomic mass is 10.2. The molecule has 0 aromatic carbocycles. The average molecular weight is 301 g/mol. The minimum Gasteiger partial charge on any atom is -0.480 e. The van der Waals surface area contributed by atoms with Gasteiger partial charge in [-0.2, -0.15) is 0 Å². The molecule has 1 atom stereocenters. The van der Waals surface area contributed by atoms with E-state index in [0.717, 1.165) is 13.0 Å². The number of carboxylic acid groups (broad SMARTS) is 1. The summed E-state index contributed by atoms with van der Waals surface area (Å²) in [4.78, 5) is 26.7. The van der Waals surface area contributed by atoms with Crippen LogP contribution in [-0.2, 0) is 4.79 Å². The highest BCUT2D eigenvalue weighted by Crippen LogP contribution is 2.05. The van der Waals surface area contributed by atoms with Gasteiger partial charge in [-0.05, 0) is 41.0 Å². The summed E-state index contributed by atoms with van der Waals surface area (Å²) in [6.07, 6.45) is 0.727. The van der Waals surface area contributed by atoms with Crippen LogP contribution in [0.5, 0.6) is 0 Å². The first-order valence-electron chi connectivity index (χ1n) is 7.72. The monoisotopic (exact) mass is 301 g/mol. The second-order valence-electron chi connectivity index (χ2n) is 5.94. The molecular weight excluding hydrogens is 270 g/mol. The Bertz CT molecular complexity index is 324. The number of carbonyl (C=O) groups is 2. The summed E-state index contributed by atoms with van der Waals surface area (Å²) < 4.78 is 0. The van der Waals surface area contributed by atoms with E-state index >= 15 is 0 Å². The lowest BCUT2D eigenvalue weighted by Gasteiger charge is -2.31. The van der Waals surface area contributed by atoms with Crippen molar-refractivity contribution in [3.63, 3.8) is 0 Å². The third-order valence-corrected chi connectivity index (χ3v) is 3.66. The third kappa shape index (κ3) is 7.32. The second-order valence-corrected chi connectivity index (χ2v) is 5.94. The lowest BCUT2D eigenvalue weighted by Crippen LogP contribution is -2.49. The Morgan fingerprint density at radius 2 is 1.62 bits per heavy atom. The Morgan fingerprint density at radius 1 is 1.10 bits per heavy atom. The van der Waals surface area contributed by atoms with Crippen molar-refractivity contribution >= 4 is 12.0 Å². The number of aliphatic carboxylic acids is 1. The van der Waals surface area contributed by atoms with Crippen LogP contribution in [0.4, 0.5) is 4.79 Å². The molecule has 0 aliphatic carbocycles. The molecule has 0 heterocycles. The summed E-state index contributed by atoms with van der Waals surface area (Å²) in [6, 6.07) is 0.421. The zero-order valence-corrected chi connectivity index (χ0v) is 14.2. The first-order valence-corrected chi connectivity index (χ1v) is 7.72. The predicted molar refractivity (Wildman–Crippen MR) is 84.5 cm³/mol. The Morgan fingerprint density at radius 3 is 2.00 bits per heavy atom. The van der Waals surface area contributed by atoms with Crippen molar-refractivity contribution in [2.45, 2.75) is 66.1 Å². The van der Waals surface area contributed by atoms with Gasteiger partial charge in [0.15, 0.2) is 0 Å². The smallest absolute Gasteiger partial charge is 0.323 e. The molecule has 2 amide bonds. The van der Waals surface area contributed by atoms with E-state index in [1.807, 2.05) is 13.8 Å².